The van der Waals surface area contributed by atoms with E-state index in [4.69, 9.17) is 5.73 Å². The van der Waals surface area contributed by atoms with Crippen LogP contribution in [0.3, 0.4) is 0 Å². The van der Waals surface area contributed by atoms with Crippen molar-refractivity contribution >= 4 is 17.4 Å². The summed E-state index contributed by atoms with van der Waals surface area (Å²) in [6.45, 7) is 2.81. The van der Waals surface area contributed by atoms with Crippen LogP contribution in [0.1, 0.15) is 45.4 Å². The molecular formula is C18H28N4O. The number of carbonyl (C=O) groups excluding carboxylic acids is 1. The van der Waals surface area contributed by atoms with E-state index in [-0.39, 0.29) is 5.91 Å². The van der Waals surface area contributed by atoms with Crippen molar-refractivity contribution in [2.75, 3.05) is 17.2 Å². The van der Waals surface area contributed by atoms with Crippen LogP contribution in [0.2, 0.25) is 0 Å². The molecule has 0 radical (unpaired) electrons. The van der Waals surface area contributed by atoms with Gasteiger partial charge in [0.1, 0.15) is 5.82 Å². The average Bonchev–Trinajstić information content (AvgIpc) is 3.18. The van der Waals surface area contributed by atoms with Crippen molar-refractivity contribution in [3.8, 4) is 0 Å². The van der Waals surface area contributed by atoms with Gasteiger partial charge in [-0.3, -0.25) is 4.79 Å². The Morgan fingerprint density at radius 2 is 2.26 bits per heavy atom. The van der Waals surface area contributed by atoms with E-state index in [0.717, 1.165) is 29.3 Å². The van der Waals surface area contributed by atoms with Crippen molar-refractivity contribution in [2.45, 2.75) is 51.5 Å². The van der Waals surface area contributed by atoms with Gasteiger partial charge in [-0.1, -0.05) is 6.42 Å². The van der Waals surface area contributed by atoms with Crippen LogP contribution in [0.4, 0.5) is 11.5 Å². The summed E-state index contributed by atoms with van der Waals surface area (Å²) in [4.78, 5) is 16.1. The lowest BCUT2D eigenvalue weighted by Crippen LogP contribution is -2.30. The minimum Gasteiger partial charge on any atom is -0.367 e. The molecule has 1 heterocycles. The summed E-state index contributed by atoms with van der Waals surface area (Å²) in [6.07, 6.45) is 8.52. The smallest absolute Gasteiger partial charge is 0.224 e. The van der Waals surface area contributed by atoms with Crippen molar-refractivity contribution in [3.63, 3.8) is 0 Å². The zero-order valence-corrected chi connectivity index (χ0v) is 13.9. The highest BCUT2D eigenvalue weighted by atomic mass is 16.1. The molecule has 0 aromatic carbocycles. The van der Waals surface area contributed by atoms with Crippen LogP contribution in [0.5, 0.6) is 0 Å². The standard InChI is InChI=1S/C18H28N4O/c1-12(16-10-13-4-5-14(16)9-13)21-17-7-6-15(11-20-17)22-18(23)3-2-8-19/h6-7,11-14,16H,2-5,8-10,19H2,1H3,(H,20,21)(H,22,23). The monoisotopic (exact) mass is 316 g/mol. The number of pyridine rings is 1. The number of amides is 1. The highest BCUT2D eigenvalue weighted by Crippen LogP contribution is 2.49. The van der Waals surface area contributed by atoms with Crippen molar-refractivity contribution in [3.05, 3.63) is 18.3 Å². The first kappa shape index (κ1) is 16.2. The second-order valence-electron chi connectivity index (χ2n) is 7.14. The highest BCUT2D eigenvalue weighted by Gasteiger charge is 2.41. The van der Waals surface area contributed by atoms with E-state index >= 15 is 0 Å². The number of fused-ring (bicyclic) bond motifs is 2. The number of nitrogens with one attached hydrogen (secondary N) is 2. The van der Waals surface area contributed by atoms with E-state index in [1.807, 2.05) is 12.1 Å². The molecule has 5 nitrogen and oxygen atoms in total. The number of anilines is 2. The molecular weight excluding hydrogens is 288 g/mol. The fourth-order valence-electron chi connectivity index (χ4n) is 4.29. The normalized spacial score (nSPS) is 27.0. The highest BCUT2D eigenvalue weighted by molar-refractivity contribution is 5.90. The largest absolute Gasteiger partial charge is 0.367 e. The van der Waals surface area contributed by atoms with Gasteiger partial charge in [0.25, 0.3) is 0 Å². The average molecular weight is 316 g/mol. The van der Waals surface area contributed by atoms with Crippen molar-refractivity contribution < 1.29 is 4.79 Å². The molecule has 1 aromatic heterocycles. The molecule has 4 unspecified atom stereocenters. The van der Waals surface area contributed by atoms with Gasteiger partial charge in [-0.25, -0.2) is 4.98 Å². The molecule has 3 rings (SSSR count). The number of hydrogen-bond donors (Lipinski definition) is 3. The van der Waals surface area contributed by atoms with Gasteiger partial charge in [0.15, 0.2) is 0 Å². The van der Waals surface area contributed by atoms with E-state index in [9.17, 15) is 4.79 Å². The summed E-state index contributed by atoms with van der Waals surface area (Å²) < 4.78 is 0. The lowest BCUT2D eigenvalue weighted by atomic mass is 9.84. The van der Waals surface area contributed by atoms with E-state index in [1.54, 1.807) is 6.20 Å². The number of nitrogens with two attached hydrogens (primary N) is 1. The molecule has 1 aromatic rings. The van der Waals surface area contributed by atoms with Gasteiger partial charge < -0.3 is 16.4 Å². The lowest BCUT2D eigenvalue weighted by Gasteiger charge is -2.28. The van der Waals surface area contributed by atoms with Gasteiger partial charge in [0.05, 0.1) is 11.9 Å². The summed E-state index contributed by atoms with van der Waals surface area (Å²) in [6, 6.07) is 4.31. The van der Waals surface area contributed by atoms with Crippen LogP contribution >= 0.6 is 0 Å². The topological polar surface area (TPSA) is 80.0 Å². The molecule has 2 fully saturated rings. The first-order valence-corrected chi connectivity index (χ1v) is 8.88. The molecule has 2 aliphatic rings. The molecule has 2 bridgehead atoms. The number of carbonyl (C=O) groups is 1. The van der Waals surface area contributed by atoms with Crippen LogP contribution in [0.25, 0.3) is 0 Å². The van der Waals surface area contributed by atoms with Gasteiger partial charge >= 0.3 is 0 Å². The Balaban J connectivity index is 1.50. The van der Waals surface area contributed by atoms with Gasteiger partial charge in [0.2, 0.25) is 5.91 Å². The van der Waals surface area contributed by atoms with Crippen molar-refractivity contribution in [2.24, 2.45) is 23.5 Å². The Labute approximate surface area is 138 Å². The second kappa shape index (κ2) is 7.30. The predicted octanol–water partition coefficient (Wildman–Crippen LogP) is 3.00. The summed E-state index contributed by atoms with van der Waals surface area (Å²) in [5.74, 6) is 3.54. The Morgan fingerprint density at radius 1 is 1.39 bits per heavy atom. The Hall–Kier alpha value is -1.62. The summed E-state index contributed by atoms with van der Waals surface area (Å²) >= 11 is 0. The minimum atomic E-state index is -0.00620. The third-order valence-corrected chi connectivity index (χ3v) is 5.47. The zero-order chi connectivity index (χ0) is 16.2. The molecule has 126 valence electrons. The van der Waals surface area contributed by atoms with E-state index < -0.39 is 0 Å². The fraction of sp³-hybridized carbons (Fsp3) is 0.667. The molecule has 0 spiro atoms. The van der Waals surface area contributed by atoms with E-state index in [1.165, 1.54) is 25.7 Å². The zero-order valence-electron chi connectivity index (χ0n) is 13.9. The summed E-state index contributed by atoms with van der Waals surface area (Å²) in [5.41, 5.74) is 6.15. The van der Waals surface area contributed by atoms with Crippen LogP contribution in [-0.2, 0) is 4.79 Å². The third kappa shape index (κ3) is 4.02. The number of rotatable bonds is 7. The molecule has 4 N–H and O–H groups in total. The van der Waals surface area contributed by atoms with Gasteiger partial charge in [-0.05, 0) is 69.0 Å². The van der Waals surface area contributed by atoms with Crippen LogP contribution in [0, 0.1) is 17.8 Å². The van der Waals surface area contributed by atoms with Gasteiger partial charge in [0, 0.05) is 12.5 Å². The predicted molar refractivity (Wildman–Crippen MR) is 93.2 cm³/mol. The second-order valence-corrected chi connectivity index (χ2v) is 7.14. The number of nitrogens with zero attached hydrogens (tertiary/aromatic N) is 1. The summed E-state index contributed by atoms with van der Waals surface area (Å²) in [7, 11) is 0. The van der Waals surface area contributed by atoms with Crippen molar-refractivity contribution in [1.82, 2.24) is 4.98 Å². The lowest BCUT2D eigenvalue weighted by molar-refractivity contribution is -0.116. The first-order chi connectivity index (χ1) is 11.2. The molecule has 5 heteroatoms. The molecule has 0 aliphatic heterocycles. The maximum Gasteiger partial charge on any atom is 0.224 e. The van der Waals surface area contributed by atoms with Crippen LogP contribution < -0.4 is 16.4 Å². The molecule has 2 saturated carbocycles. The molecule has 2 aliphatic carbocycles. The Kier molecular flexibility index (Phi) is 5.16. The Morgan fingerprint density at radius 3 is 2.87 bits per heavy atom. The van der Waals surface area contributed by atoms with Crippen molar-refractivity contribution in [1.29, 1.82) is 0 Å². The Bertz CT molecular complexity index is 530. The minimum absolute atomic E-state index is 0.00620. The quantitative estimate of drug-likeness (QED) is 0.722. The summed E-state index contributed by atoms with van der Waals surface area (Å²) in [5, 5.41) is 6.39. The van der Waals surface area contributed by atoms with Gasteiger partial charge in [-0.2, -0.15) is 0 Å². The molecule has 4 atom stereocenters. The van der Waals surface area contributed by atoms with E-state index in [0.29, 0.717) is 25.4 Å². The molecule has 0 saturated heterocycles. The molecule has 1 amide bonds. The maximum atomic E-state index is 11.7. The van der Waals surface area contributed by atoms with Crippen LogP contribution in [0.15, 0.2) is 18.3 Å². The molecule has 23 heavy (non-hydrogen) atoms. The first-order valence-electron chi connectivity index (χ1n) is 8.88. The van der Waals surface area contributed by atoms with E-state index in [2.05, 4.69) is 22.5 Å². The third-order valence-electron chi connectivity index (χ3n) is 5.47. The fourth-order valence-corrected chi connectivity index (χ4v) is 4.29. The SMILES string of the molecule is CC(Nc1ccc(NC(=O)CCCN)cn1)C1CC2CCC1C2. The van der Waals surface area contributed by atoms with Crippen LogP contribution in [-0.4, -0.2) is 23.5 Å². The number of hydrogen-bond acceptors (Lipinski definition) is 4. The van der Waals surface area contributed by atoms with Gasteiger partial charge in [-0.15, -0.1) is 0 Å². The maximum absolute atomic E-state index is 11.7. The number of aromatic nitrogens is 1.